The molecule has 0 aromatic carbocycles. The van der Waals surface area contributed by atoms with Gasteiger partial charge in [0, 0.05) is 98.1 Å². The average Bonchev–Trinajstić information content (AvgIpc) is 2.53. The molecule has 3 heteroatoms. The van der Waals surface area contributed by atoms with Gasteiger partial charge in [0.15, 0.2) is 0 Å². The molecule has 0 N–H and O–H groups in total. The first-order chi connectivity index (χ1) is 10.3. The van der Waals surface area contributed by atoms with Gasteiger partial charge in [0.2, 0.25) is 0 Å². The van der Waals surface area contributed by atoms with Crippen LogP contribution >= 0.6 is 0 Å². The van der Waals surface area contributed by atoms with Gasteiger partial charge in [0.05, 0.1) is 0 Å². The third-order valence-electron chi connectivity index (χ3n) is 6.99. The molecule has 3 aliphatic carbocycles. The Labute approximate surface area is 227 Å². The Morgan fingerprint density at radius 2 is 0.875 bits per heavy atom. The Morgan fingerprint density at radius 1 is 0.542 bits per heavy atom. The molecule has 24 heavy (non-hydrogen) atoms. The van der Waals surface area contributed by atoms with Gasteiger partial charge in [0.25, 0.3) is 0 Å². The van der Waals surface area contributed by atoms with Gasteiger partial charge in [-0.2, -0.15) is 12.8 Å². The van der Waals surface area contributed by atoms with E-state index in [2.05, 4.69) is 13.3 Å². The fourth-order valence-corrected chi connectivity index (χ4v) is 5.44. The fourth-order valence-electron chi connectivity index (χ4n) is 5.44. The van der Waals surface area contributed by atoms with E-state index in [0.717, 1.165) is 29.6 Å². The molecule has 0 heterocycles. The minimum absolute atomic E-state index is 0. The minimum atomic E-state index is 0. The standard InChI is InChI=1S/C21H37.3Y/c1-17-7-9-19(10-8-17)16-21-13-11-20(12-14-21)15-18-5-3-2-4-6-18;;;/h2,17-21H,3-16H2,1H3;;;/q-1;;;. The molecule has 0 aromatic rings. The molecular formula is C21H37Y3-. The summed E-state index contributed by atoms with van der Waals surface area (Å²) < 4.78 is 0. The van der Waals surface area contributed by atoms with E-state index >= 15 is 0 Å². The second-order valence-electron chi connectivity index (χ2n) is 8.79. The summed E-state index contributed by atoms with van der Waals surface area (Å²) in [6, 6.07) is 0. The van der Waals surface area contributed by atoms with Crippen LogP contribution in [-0.2, 0) is 98.1 Å². The summed E-state index contributed by atoms with van der Waals surface area (Å²) in [5.41, 5.74) is 0. The maximum absolute atomic E-state index is 2.51. The van der Waals surface area contributed by atoms with Gasteiger partial charge in [-0.3, -0.25) is 0 Å². The van der Waals surface area contributed by atoms with Crippen LogP contribution in [0, 0.1) is 36.0 Å². The van der Waals surface area contributed by atoms with Crippen LogP contribution in [0.15, 0.2) is 0 Å². The van der Waals surface area contributed by atoms with Crippen molar-refractivity contribution in [3.8, 4) is 0 Å². The molecule has 0 unspecified atom stereocenters. The fraction of sp³-hybridized carbons (Fsp3) is 0.952. The summed E-state index contributed by atoms with van der Waals surface area (Å²) >= 11 is 0. The quantitative estimate of drug-likeness (QED) is 0.335. The van der Waals surface area contributed by atoms with E-state index in [4.69, 9.17) is 0 Å². The van der Waals surface area contributed by atoms with E-state index in [-0.39, 0.29) is 98.1 Å². The molecule has 0 bridgehead atoms. The Kier molecular flexibility index (Phi) is 17.3. The van der Waals surface area contributed by atoms with Crippen molar-refractivity contribution in [1.29, 1.82) is 0 Å². The zero-order chi connectivity index (χ0) is 14.5. The molecule has 0 atom stereocenters. The molecule has 0 aliphatic heterocycles. The molecule has 0 spiro atoms. The minimum Gasteiger partial charge on any atom is -0.328 e. The van der Waals surface area contributed by atoms with Crippen LogP contribution in [0.3, 0.4) is 0 Å². The van der Waals surface area contributed by atoms with E-state index in [0.29, 0.717) is 0 Å². The Balaban J connectivity index is 0.00000176. The first-order valence-electron chi connectivity index (χ1n) is 10.1. The van der Waals surface area contributed by atoms with Gasteiger partial charge < -0.3 is 6.42 Å². The number of hydrogen-bond acceptors (Lipinski definition) is 0. The predicted octanol–water partition coefficient (Wildman–Crippen LogP) is 6.79. The Bertz CT molecular complexity index is 285. The van der Waals surface area contributed by atoms with Gasteiger partial charge in [-0.25, -0.2) is 0 Å². The predicted molar refractivity (Wildman–Crippen MR) is 92.1 cm³/mol. The van der Waals surface area contributed by atoms with Crippen molar-refractivity contribution < 1.29 is 98.1 Å². The zero-order valence-electron chi connectivity index (χ0n) is 16.1. The largest absolute Gasteiger partial charge is 0.328 e. The number of rotatable bonds is 4. The molecule has 3 aliphatic rings. The van der Waals surface area contributed by atoms with Crippen molar-refractivity contribution in [2.45, 2.75) is 96.8 Å². The molecule has 3 rings (SSSR count). The summed E-state index contributed by atoms with van der Waals surface area (Å²) in [5, 5.41) is 0. The molecule has 131 valence electrons. The van der Waals surface area contributed by atoms with Gasteiger partial charge in [-0.05, 0) is 42.4 Å². The molecule has 0 nitrogen and oxygen atoms in total. The topological polar surface area (TPSA) is 0 Å². The van der Waals surface area contributed by atoms with Crippen LogP contribution in [0.25, 0.3) is 0 Å². The maximum atomic E-state index is 2.51. The van der Waals surface area contributed by atoms with Crippen molar-refractivity contribution in [3.05, 3.63) is 6.42 Å². The van der Waals surface area contributed by atoms with Gasteiger partial charge in [-0.1, -0.05) is 71.1 Å². The van der Waals surface area contributed by atoms with Crippen LogP contribution in [0.2, 0.25) is 0 Å². The summed E-state index contributed by atoms with van der Waals surface area (Å²) in [6.45, 7) is 2.45. The van der Waals surface area contributed by atoms with Gasteiger partial charge >= 0.3 is 0 Å². The second-order valence-corrected chi connectivity index (χ2v) is 8.79. The van der Waals surface area contributed by atoms with Crippen molar-refractivity contribution in [3.63, 3.8) is 0 Å². The average molecular weight is 556 g/mol. The Morgan fingerprint density at radius 3 is 1.29 bits per heavy atom. The first kappa shape index (κ1) is 27.3. The third-order valence-corrected chi connectivity index (χ3v) is 6.99. The smallest absolute Gasteiger partial charge is 0 e. The van der Waals surface area contributed by atoms with Crippen LogP contribution < -0.4 is 0 Å². The van der Waals surface area contributed by atoms with Crippen LogP contribution in [0.1, 0.15) is 96.8 Å². The van der Waals surface area contributed by atoms with Crippen LogP contribution in [0.4, 0.5) is 0 Å². The molecule has 0 amide bonds. The SMILES string of the molecule is CC1CCC(CC2CCC(CC3CC[CH-]CC3)CC2)CC1.[Y].[Y].[Y]. The van der Waals surface area contributed by atoms with Crippen molar-refractivity contribution in [2.75, 3.05) is 0 Å². The monoisotopic (exact) mass is 556 g/mol. The third kappa shape index (κ3) is 9.68. The summed E-state index contributed by atoms with van der Waals surface area (Å²) in [5.74, 6) is 5.38. The van der Waals surface area contributed by atoms with E-state index in [9.17, 15) is 0 Å². The maximum Gasteiger partial charge on any atom is 0 e. The van der Waals surface area contributed by atoms with Crippen molar-refractivity contribution in [2.24, 2.45) is 29.6 Å². The molecule has 0 saturated heterocycles. The molecule has 3 fully saturated rings. The number of hydrogen-bond donors (Lipinski definition) is 0. The van der Waals surface area contributed by atoms with E-state index in [1.54, 1.807) is 51.4 Å². The second kappa shape index (κ2) is 15.2. The Hall–Kier alpha value is 3.31. The normalized spacial score (nSPS) is 34.4. The van der Waals surface area contributed by atoms with E-state index in [1.807, 2.05) is 0 Å². The summed E-state index contributed by atoms with van der Waals surface area (Å²) in [7, 11) is 0. The summed E-state index contributed by atoms with van der Waals surface area (Å²) in [4.78, 5) is 0. The van der Waals surface area contributed by atoms with E-state index < -0.39 is 0 Å². The molecule has 3 saturated carbocycles. The first-order valence-corrected chi connectivity index (χ1v) is 10.1. The zero-order valence-corrected chi connectivity index (χ0v) is 24.6. The van der Waals surface area contributed by atoms with Crippen molar-refractivity contribution >= 4 is 0 Å². The van der Waals surface area contributed by atoms with E-state index in [1.165, 1.54) is 38.5 Å². The summed E-state index contributed by atoms with van der Waals surface area (Å²) in [6.07, 6.45) is 23.8. The van der Waals surface area contributed by atoms with Crippen molar-refractivity contribution in [1.82, 2.24) is 0 Å². The van der Waals surface area contributed by atoms with Gasteiger partial charge in [0.1, 0.15) is 0 Å². The molecule has 3 radical (unpaired) electrons. The van der Waals surface area contributed by atoms with Crippen LogP contribution in [-0.4, -0.2) is 0 Å². The molecule has 0 aromatic heterocycles. The van der Waals surface area contributed by atoms with Crippen LogP contribution in [0.5, 0.6) is 0 Å². The van der Waals surface area contributed by atoms with Gasteiger partial charge in [-0.15, -0.1) is 0 Å². The molecular weight excluding hydrogens is 519 g/mol.